The predicted molar refractivity (Wildman–Crippen MR) is 117 cm³/mol. The highest BCUT2D eigenvalue weighted by molar-refractivity contribution is 6.30. The van der Waals surface area contributed by atoms with Crippen molar-refractivity contribution in [2.75, 3.05) is 7.11 Å². The minimum atomic E-state index is -0.461. The maximum Gasteiger partial charge on any atom is 0.271 e. The lowest BCUT2D eigenvalue weighted by atomic mass is 10.2. The Balaban J connectivity index is 1.72. The van der Waals surface area contributed by atoms with Gasteiger partial charge in [0.05, 0.1) is 18.2 Å². The third-order valence-corrected chi connectivity index (χ3v) is 4.49. The molecule has 8 nitrogen and oxygen atoms in total. The molecule has 0 heterocycles. The van der Waals surface area contributed by atoms with Gasteiger partial charge in [-0.05, 0) is 54.1 Å². The van der Waals surface area contributed by atoms with E-state index in [-0.39, 0.29) is 18.2 Å². The highest BCUT2D eigenvalue weighted by atomic mass is 35.5. The van der Waals surface area contributed by atoms with Crippen molar-refractivity contribution in [1.82, 2.24) is 5.43 Å². The Morgan fingerprint density at radius 1 is 1.13 bits per heavy atom. The first-order valence-electron chi connectivity index (χ1n) is 9.10. The molecule has 0 spiro atoms. The summed E-state index contributed by atoms with van der Waals surface area (Å²) in [6, 6.07) is 17.7. The molecule has 158 valence electrons. The van der Waals surface area contributed by atoms with E-state index in [2.05, 4.69) is 10.5 Å². The van der Waals surface area contributed by atoms with Crippen molar-refractivity contribution in [3.05, 3.63) is 98.6 Å². The van der Waals surface area contributed by atoms with Gasteiger partial charge in [-0.2, -0.15) is 5.10 Å². The second-order valence-corrected chi connectivity index (χ2v) is 6.73. The van der Waals surface area contributed by atoms with E-state index in [1.807, 2.05) is 0 Å². The molecule has 0 atom stereocenters. The van der Waals surface area contributed by atoms with Gasteiger partial charge in [0, 0.05) is 28.3 Å². The van der Waals surface area contributed by atoms with Gasteiger partial charge in [0.15, 0.2) is 11.5 Å². The number of carbonyl (C=O) groups is 1. The number of hydrazone groups is 1. The van der Waals surface area contributed by atoms with Gasteiger partial charge in [-0.15, -0.1) is 0 Å². The number of benzene rings is 3. The van der Waals surface area contributed by atoms with Crippen LogP contribution in [-0.4, -0.2) is 24.2 Å². The smallest absolute Gasteiger partial charge is 0.271 e. The monoisotopic (exact) mass is 439 g/mol. The third-order valence-electron chi connectivity index (χ3n) is 4.24. The van der Waals surface area contributed by atoms with Crippen LogP contribution in [0.15, 0.2) is 71.8 Å². The quantitative estimate of drug-likeness (QED) is 0.314. The maximum absolute atomic E-state index is 12.2. The van der Waals surface area contributed by atoms with Crippen LogP contribution in [0.25, 0.3) is 0 Å². The van der Waals surface area contributed by atoms with Gasteiger partial charge in [0.1, 0.15) is 6.61 Å². The third kappa shape index (κ3) is 5.80. The van der Waals surface area contributed by atoms with Crippen LogP contribution in [0.5, 0.6) is 11.5 Å². The second-order valence-electron chi connectivity index (χ2n) is 6.30. The molecule has 3 aromatic carbocycles. The molecule has 0 aromatic heterocycles. The number of nitro groups is 1. The molecule has 1 N–H and O–H groups in total. The molecule has 1 amide bonds. The fourth-order valence-corrected chi connectivity index (χ4v) is 2.77. The first-order chi connectivity index (χ1) is 15.0. The van der Waals surface area contributed by atoms with E-state index in [4.69, 9.17) is 21.1 Å². The van der Waals surface area contributed by atoms with Gasteiger partial charge in [-0.3, -0.25) is 14.9 Å². The van der Waals surface area contributed by atoms with Crippen LogP contribution >= 0.6 is 11.6 Å². The molecule has 0 fully saturated rings. The van der Waals surface area contributed by atoms with E-state index < -0.39 is 4.92 Å². The number of nitrogens with one attached hydrogen (secondary N) is 1. The van der Waals surface area contributed by atoms with Crippen LogP contribution in [0.4, 0.5) is 5.69 Å². The Hall–Kier alpha value is -3.91. The zero-order valence-electron chi connectivity index (χ0n) is 16.4. The first-order valence-corrected chi connectivity index (χ1v) is 9.48. The van der Waals surface area contributed by atoms with Crippen LogP contribution in [0, 0.1) is 10.1 Å². The maximum atomic E-state index is 12.2. The number of carbonyl (C=O) groups excluding carboxylic acids is 1. The van der Waals surface area contributed by atoms with Crippen LogP contribution in [0.1, 0.15) is 21.5 Å². The van der Waals surface area contributed by atoms with Crippen LogP contribution in [0.3, 0.4) is 0 Å². The Bertz CT molecular complexity index is 1100. The van der Waals surface area contributed by atoms with Gasteiger partial charge in [0.2, 0.25) is 0 Å². The predicted octanol–water partition coefficient (Wildman–Crippen LogP) is 4.60. The van der Waals surface area contributed by atoms with E-state index >= 15 is 0 Å². The molecule has 0 saturated carbocycles. The SMILES string of the molecule is COc1cccc(/C=N/NC(=O)c2ccc(Cl)cc2)c1OCc1ccc([N+](=O)[O-])cc1. The van der Waals surface area contributed by atoms with Gasteiger partial charge >= 0.3 is 0 Å². The molecule has 9 heteroatoms. The van der Waals surface area contributed by atoms with Crippen LogP contribution < -0.4 is 14.9 Å². The van der Waals surface area contributed by atoms with Crippen molar-refractivity contribution in [3.8, 4) is 11.5 Å². The van der Waals surface area contributed by atoms with Crippen LogP contribution in [0.2, 0.25) is 5.02 Å². The number of hydrogen-bond donors (Lipinski definition) is 1. The molecule has 0 aliphatic heterocycles. The zero-order chi connectivity index (χ0) is 22.2. The standard InChI is InChI=1S/C22H18ClN3O5/c1-30-20-4-2-3-17(13-24-25-22(27)16-7-9-18(23)10-8-16)21(20)31-14-15-5-11-19(12-6-15)26(28)29/h2-13H,14H2,1H3,(H,25,27)/b24-13+. The number of non-ortho nitro benzene ring substituents is 1. The average molecular weight is 440 g/mol. The largest absolute Gasteiger partial charge is 0.493 e. The fraction of sp³-hybridized carbons (Fsp3) is 0.0909. The van der Waals surface area contributed by atoms with E-state index in [0.29, 0.717) is 27.6 Å². The highest BCUT2D eigenvalue weighted by Crippen LogP contribution is 2.31. The Kier molecular flexibility index (Phi) is 7.18. The van der Waals surface area contributed by atoms with Crippen molar-refractivity contribution in [3.63, 3.8) is 0 Å². The van der Waals surface area contributed by atoms with Gasteiger partial charge in [-0.25, -0.2) is 5.43 Å². The second kappa shape index (κ2) is 10.2. The minimum Gasteiger partial charge on any atom is -0.493 e. The van der Waals surface area contributed by atoms with E-state index in [1.54, 1.807) is 54.6 Å². The average Bonchev–Trinajstić information content (AvgIpc) is 2.78. The van der Waals surface area contributed by atoms with E-state index in [0.717, 1.165) is 5.56 Å². The number of nitrogens with zero attached hydrogens (tertiary/aromatic N) is 2. The normalized spacial score (nSPS) is 10.6. The number of nitro benzene ring substituents is 1. The summed E-state index contributed by atoms with van der Waals surface area (Å²) in [6.45, 7) is 0.163. The lowest BCUT2D eigenvalue weighted by molar-refractivity contribution is -0.384. The minimum absolute atomic E-state index is 0.00490. The lowest BCUT2D eigenvalue weighted by Crippen LogP contribution is -2.17. The van der Waals surface area contributed by atoms with Gasteiger partial charge < -0.3 is 9.47 Å². The first kappa shape index (κ1) is 21.8. The summed E-state index contributed by atoms with van der Waals surface area (Å²) in [4.78, 5) is 22.5. The van der Waals surface area contributed by atoms with Crippen molar-refractivity contribution in [1.29, 1.82) is 0 Å². The molecule has 31 heavy (non-hydrogen) atoms. The Morgan fingerprint density at radius 3 is 2.48 bits per heavy atom. The van der Waals surface area contributed by atoms with Crippen molar-refractivity contribution < 1.29 is 19.2 Å². The number of amides is 1. The van der Waals surface area contributed by atoms with Gasteiger partial charge in [0.25, 0.3) is 11.6 Å². The van der Waals surface area contributed by atoms with Gasteiger partial charge in [-0.1, -0.05) is 17.7 Å². The number of ether oxygens (including phenoxy) is 2. The van der Waals surface area contributed by atoms with E-state index in [9.17, 15) is 14.9 Å². The summed E-state index contributed by atoms with van der Waals surface area (Å²) in [5.41, 5.74) is 4.20. The molecular formula is C22H18ClN3O5. The number of halogens is 1. The Labute approximate surface area is 183 Å². The summed E-state index contributed by atoms with van der Waals surface area (Å²) >= 11 is 5.83. The molecule has 0 radical (unpaired) electrons. The topological polar surface area (TPSA) is 103 Å². The van der Waals surface area contributed by atoms with Crippen molar-refractivity contribution in [2.24, 2.45) is 5.10 Å². The molecule has 3 aromatic rings. The molecule has 0 saturated heterocycles. The molecule has 3 rings (SSSR count). The summed E-state index contributed by atoms with van der Waals surface area (Å²) in [7, 11) is 1.51. The fourth-order valence-electron chi connectivity index (χ4n) is 2.65. The number of methoxy groups -OCH3 is 1. The molecule has 0 unspecified atom stereocenters. The van der Waals surface area contributed by atoms with Crippen molar-refractivity contribution >= 4 is 29.4 Å². The molecule has 0 aliphatic carbocycles. The molecular weight excluding hydrogens is 422 g/mol. The summed E-state index contributed by atoms with van der Waals surface area (Å²) in [5.74, 6) is 0.520. The number of rotatable bonds is 8. The Morgan fingerprint density at radius 2 is 1.84 bits per heavy atom. The summed E-state index contributed by atoms with van der Waals surface area (Å²) in [6.07, 6.45) is 1.45. The van der Waals surface area contributed by atoms with E-state index in [1.165, 1.54) is 25.5 Å². The zero-order valence-corrected chi connectivity index (χ0v) is 17.2. The number of para-hydroxylation sites is 1. The van der Waals surface area contributed by atoms with Crippen LogP contribution in [-0.2, 0) is 6.61 Å². The van der Waals surface area contributed by atoms with Crippen molar-refractivity contribution in [2.45, 2.75) is 6.61 Å². The highest BCUT2D eigenvalue weighted by Gasteiger charge is 2.11. The number of hydrogen-bond acceptors (Lipinski definition) is 6. The summed E-state index contributed by atoms with van der Waals surface area (Å²) < 4.78 is 11.2. The lowest BCUT2D eigenvalue weighted by Gasteiger charge is -2.13. The summed E-state index contributed by atoms with van der Waals surface area (Å²) in [5, 5.41) is 15.3. The molecule has 0 aliphatic rings. The molecule has 0 bridgehead atoms.